The summed E-state index contributed by atoms with van der Waals surface area (Å²) in [6, 6.07) is 13.2. The van der Waals surface area contributed by atoms with Crippen molar-refractivity contribution >= 4 is 22.1 Å². The maximum atomic E-state index is 12.6. The molecule has 2 aromatic carbocycles. The smallest absolute Gasteiger partial charge is 0.258 e. The van der Waals surface area contributed by atoms with Gasteiger partial charge in [0.25, 0.3) is 5.91 Å². The maximum absolute atomic E-state index is 12.6. The van der Waals surface area contributed by atoms with E-state index in [-0.39, 0.29) is 10.8 Å². The van der Waals surface area contributed by atoms with Crippen LogP contribution in [0, 0.1) is 19.8 Å². The molecule has 0 heterocycles. The Hall–Kier alpha value is -2.51. The number of carbonyl (C=O) groups is 1. The fourth-order valence-electron chi connectivity index (χ4n) is 2.44. The van der Waals surface area contributed by atoms with Gasteiger partial charge in [0.1, 0.15) is 6.04 Å². The molecule has 2 rings (SSSR count). The fourth-order valence-corrected chi connectivity index (χ4v) is 3.78. The van der Waals surface area contributed by atoms with E-state index in [0.29, 0.717) is 0 Å². The highest BCUT2D eigenvalue weighted by Gasteiger charge is 2.28. The number of amides is 1. The molecule has 0 fully saturated rings. The van der Waals surface area contributed by atoms with Crippen LogP contribution in [0.25, 0.3) is 0 Å². The minimum Gasteiger partial charge on any atom is -0.271 e. The van der Waals surface area contributed by atoms with Gasteiger partial charge in [0.15, 0.2) is 0 Å². The summed E-state index contributed by atoms with van der Waals surface area (Å²) >= 11 is 0. The zero-order chi connectivity index (χ0) is 20.0. The van der Waals surface area contributed by atoms with Crippen molar-refractivity contribution in [1.82, 2.24) is 10.1 Å². The standard InChI is InChI=1S/C20H25N3O3S/c1-14(2)19(23-27(25,26)18-10-8-15(3)9-11-18)20(24)22-21-13-17-7-5-6-16(4)12-17/h5-14,19,23H,1-4H3,(H,22,24)/b21-13-/t19-/m1/s1. The number of hydrogen-bond donors (Lipinski definition) is 2. The first-order chi connectivity index (χ1) is 12.7. The second kappa shape index (κ2) is 8.92. The van der Waals surface area contributed by atoms with E-state index in [1.165, 1.54) is 18.3 Å². The molecule has 2 aromatic rings. The maximum Gasteiger partial charge on any atom is 0.258 e. The predicted molar refractivity (Wildman–Crippen MR) is 107 cm³/mol. The molecule has 0 spiro atoms. The van der Waals surface area contributed by atoms with E-state index in [9.17, 15) is 13.2 Å². The molecular formula is C20H25N3O3S. The van der Waals surface area contributed by atoms with Crippen molar-refractivity contribution in [2.24, 2.45) is 11.0 Å². The third kappa shape index (κ3) is 6.01. The Morgan fingerprint density at radius 1 is 1.04 bits per heavy atom. The van der Waals surface area contributed by atoms with Gasteiger partial charge >= 0.3 is 0 Å². The molecule has 0 bridgehead atoms. The Morgan fingerprint density at radius 3 is 2.30 bits per heavy atom. The molecule has 1 amide bonds. The third-order valence-corrected chi connectivity index (χ3v) is 5.45. The monoisotopic (exact) mass is 387 g/mol. The van der Waals surface area contributed by atoms with Gasteiger partial charge in [-0.1, -0.05) is 61.4 Å². The van der Waals surface area contributed by atoms with Crippen LogP contribution in [0.15, 0.2) is 58.5 Å². The van der Waals surface area contributed by atoms with Crippen LogP contribution in [0.3, 0.4) is 0 Å². The van der Waals surface area contributed by atoms with Crippen molar-refractivity contribution in [2.45, 2.75) is 38.6 Å². The Kier molecular flexibility index (Phi) is 6.87. The largest absolute Gasteiger partial charge is 0.271 e. The van der Waals surface area contributed by atoms with Crippen LogP contribution >= 0.6 is 0 Å². The summed E-state index contributed by atoms with van der Waals surface area (Å²) in [7, 11) is -3.81. The summed E-state index contributed by atoms with van der Waals surface area (Å²) in [6.45, 7) is 7.38. The topological polar surface area (TPSA) is 87.6 Å². The lowest BCUT2D eigenvalue weighted by atomic mass is 10.1. The highest BCUT2D eigenvalue weighted by molar-refractivity contribution is 7.89. The lowest BCUT2D eigenvalue weighted by molar-refractivity contribution is -0.123. The van der Waals surface area contributed by atoms with Crippen molar-refractivity contribution in [2.75, 3.05) is 0 Å². The summed E-state index contributed by atoms with van der Waals surface area (Å²) in [5.74, 6) is -0.760. The zero-order valence-corrected chi connectivity index (χ0v) is 16.7. The first-order valence-corrected chi connectivity index (χ1v) is 10.2. The van der Waals surface area contributed by atoms with E-state index in [1.54, 1.807) is 26.0 Å². The van der Waals surface area contributed by atoms with Crippen LogP contribution in [0.4, 0.5) is 0 Å². The number of nitrogens with one attached hydrogen (secondary N) is 2. The molecular weight excluding hydrogens is 362 g/mol. The van der Waals surface area contributed by atoms with E-state index in [2.05, 4.69) is 15.2 Å². The second-order valence-corrected chi connectivity index (χ2v) is 8.52. The molecule has 6 nitrogen and oxygen atoms in total. The van der Waals surface area contributed by atoms with E-state index >= 15 is 0 Å². The molecule has 2 N–H and O–H groups in total. The van der Waals surface area contributed by atoms with Crippen LogP contribution < -0.4 is 10.1 Å². The van der Waals surface area contributed by atoms with Gasteiger partial charge in [0.05, 0.1) is 11.1 Å². The molecule has 1 atom stereocenters. The van der Waals surface area contributed by atoms with Gasteiger partial charge in [0.2, 0.25) is 10.0 Å². The highest BCUT2D eigenvalue weighted by atomic mass is 32.2. The summed E-state index contributed by atoms with van der Waals surface area (Å²) in [5.41, 5.74) is 5.30. The van der Waals surface area contributed by atoms with Crippen LogP contribution in [-0.4, -0.2) is 26.6 Å². The Morgan fingerprint density at radius 2 is 1.70 bits per heavy atom. The molecule has 0 unspecified atom stereocenters. The predicted octanol–water partition coefficient (Wildman–Crippen LogP) is 2.76. The summed E-state index contributed by atoms with van der Waals surface area (Å²) in [4.78, 5) is 12.6. The van der Waals surface area contributed by atoms with E-state index in [1.807, 2.05) is 38.1 Å². The number of sulfonamides is 1. The molecule has 0 aromatic heterocycles. The Bertz CT molecular complexity index is 920. The normalized spacial score (nSPS) is 13.1. The van der Waals surface area contributed by atoms with Crippen LogP contribution in [-0.2, 0) is 14.8 Å². The quantitative estimate of drug-likeness (QED) is 0.566. The van der Waals surface area contributed by atoms with Gasteiger partial charge in [0, 0.05) is 0 Å². The van der Waals surface area contributed by atoms with Gasteiger partial charge in [-0.2, -0.15) is 9.82 Å². The summed E-state index contributed by atoms with van der Waals surface area (Å²) in [6.07, 6.45) is 1.52. The Labute approximate surface area is 160 Å². The molecule has 144 valence electrons. The minimum absolute atomic E-state index is 0.120. The molecule has 0 aliphatic carbocycles. The van der Waals surface area contributed by atoms with Crippen LogP contribution in [0.1, 0.15) is 30.5 Å². The zero-order valence-electron chi connectivity index (χ0n) is 15.9. The van der Waals surface area contributed by atoms with Crippen LogP contribution in [0.2, 0.25) is 0 Å². The molecule has 0 saturated heterocycles. The number of hydrazone groups is 1. The highest BCUT2D eigenvalue weighted by Crippen LogP contribution is 2.13. The van der Waals surface area contributed by atoms with Crippen molar-refractivity contribution < 1.29 is 13.2 Å². The van der Waals surface area contributed by atoms with Crippen molar-refractivity contribution in [3.05, 3.63) is 65.2 Å². The molecule has 0 radical (unpaired) electrons. The van der Waals surface area contributed by atoms with Crippen molar-refractivity contribution in [1.29, 1.82) is 0 Å². The van der Waals surface area contributed by atoms with Gasteiger partial charge in [-0.25, -0.2) is 13.8 Å². The van der Waals surface area contributed by atoms with Gasteiger partial charge in [-0.3, -0.25) is 4.79 Å². The van der Waals surface area contributed by atoms with Gasteiger partial charge in [-0.15, -0.1) is 0 Å². The van der Waals surface area contributed by atoms with E-state index in [0.717, 1.165) is 16.7 Å². The van der Waals surface area contributed by atoms with Crippen molar-refractivity contribution in [3.8, 4) is 0 Å². The van der Waals surface area contributed by atoms with Gasteiger partial charge < -0.3 is 0 Å². The number of nitrogens with zero attached hydrogens (tertiary/aromatic N) is 1. The minimum atomic E-state index is -3.81. The molecule has 7 heteroatoms. The Balaban J connectivity index is 2.09. The average molecular weight is 388 g/mol. The molecule has 0 aliphatic heterocycles. The number of hydrogen-bond acceptors (Lipinski definition) is 4. The number of rotatable bonds is 7. The lowest BCUT2D eigenvalue weighted by Crippen LogP contribution is -2.48. The van der Waals surface area contributed by atoms with Gasteiger partial charge in [-0.05, 0) is 37.5 Å². The summed E-state index contributed by atoms with van der Waals surface area (Å²) < 4.78 is 27.6. The van der Waals surface area contributed by atoms with E-state index in [4.69, 9.17) is 0 Å². The van der Waals surface area contributed by atoms with Crippen LogP contribution in [0.5, 0.6) is 0 Å². The first kappa shape index (κ1) is 20.8. The SMILES string of the molecule is Cc1ccc(S(=O)(=O)N[C@@H](C(=O)N/N=C\c2cccc(C)c2)C(C)C)cc1. The number of benzene rings is 2. The summed E-state index contributed by atoms with van der Waals surface area (Å²) in [5, 5.41) is 3.94. The molecule has 27 heavy (non-hydrogen) atoms. The molecule has 0 aliphatic rings. The van der Waals surface area contributed by atoms with Crippen molar-refractivity contribution in [3.63, 3.8) is 0 Å². The second-order valence-electron chi connectivity index (χ2n) is 6.80. The third-order valence-electron chi connectivity index (χ3n) is 3.99. The first-order valence-electron chi connectivity index (χ1n) is 8.67. The average Bonchev–Trinajstić information content (AvgIpc) is 2.60. The molecule has 0 saturated carbocycles. The number of aryl methyl sites for hydroxylation is 2. The lowest BCUT2D eigenvalue weighted by Gasteiger charge is -2.20. The number of carbonyl (C=O) groups excluding carboxylic acids is 1. The van der Waals surface area contributed by atoms with E-state index < -0.39 is 22.0 Å². The fraction of sp³-hybridized carbons (Fsp3) is 0.300.